The molecule has 1 rings (SSSR count). The fourth-order valence-corrected chi connectivity index (χ4v) is 2.14. The topological polar surface area (TPSA) is 29.5 Å². The van der Waals surface area contributed by atoms with Gasteiger partial charge in [0, 0.05) is 20.0 Å². The molecule has 0 bridgehead atoms. The third kappa shape index (κ3) is 3.32. The Balaban J connectivity index is 2.41. The molecule has 0 aromatic heterocycles. The van der Waals surface area contributed by atoms with Crippen molar-refractivity contribution >= 4 is 0 Å². The molecule has 0 aromatic rings. The molecule has 0 aliphatic heterocycles. The molecule has 1 fully saturated rings. The van der Waals surface area contributed by atoms with Gasteiger partial charge in [-0.25, -0.2) is 0 Å². The summed E-state index contributed by atoms with van der Waals surface area (Å²) in [5, 5.41) is 10.3. The van der Waals surface area contributed by atoms with E-state index in [0.717, 1.165) is 38.5 Å². The van der Waals surface area contributed by atoms with Gasteiger partial charge in [-0.15, -0.1) is 11.8 Å². The van der Waals surface area contributed by atoms with E-state index >= 15 is 0 Å². The number of rotatable bonds is 3. The monoisotopic (exact) mass is 196 g/mol. The Morgan fingerprint density at radius 2 is 2.36 bits per heavy atom. The maximum atomic E-state index is 10.3. The van der Waals surface area contributed by atoms with Crippen molar-refractivity contribution in [2.75, 3.05) is 7.11 Å². The Kier molecular flexibility index (Phi) is 4.44. The maximum Gasteiger partial charge on any atom is 0.0681 e. The summed E-state index contributed by atoms with van der Waals surface area (Å²) in [6.07, 6.45) is 5.64. The lowest BCUT2D eigenvalue weighted by Gasteiger charge is -2.35. The Morgan fingerprint density at radius 3 is 3.00 bits per heavy atom. The zero-order valence-electron chi connectivity index (χ0n) is 9.18. The van der Waals surface area contributed by atoms with Crippen molar-refractivity contribution < 1.29 is 9.84 Å². The average Bonchev–Trinajstić information content (AvgIpc) is 2.18. The average molecular weight is 196 g/mol. The number of ether oxygens (including phenoxy) is 1. The largest absolute Gasteiger partial charge is 0.390 e. The van der Waals surface area contributed by atoms with Crippen molar-refractivity contribution in [3.05, 3.63) is 0 Å². The van der Waals surface area contributed by atoms with Crippen molar-refractivity contribution in [3.8, 4) is 11.8 Å². The van der Waals surface area contributed by atoms with Crippen molar-refractivity contribution in [2.45, 2.75) is 57.2 Å². The molecule has 14 heavy (non-hydrogen) atoms. The van der Waals surface area contributed by atoms with Crippen LogP contribution in [0.2, 0.25) is 0 Å². The maximum absolute atomic E-state index is 10.3. The molecule has 0 aromatic carbocycles. The minimum absolute atomic E-state index is 0.239. The standard InChI is InChI=1S/C12H20O2/c1-3-4-5-8-12(13)9-6-7-11(10-12)14-2/h11,13H,5-10H2,1-2H3. The Labute approximate surface area is 86.7 Å². The highest BCUT2D eigenvalue weighted by Crippen LogP contribution is 2.33. The van der Waals surface area contributed by atoms with Crippen LogP contribution in [-0.4, -0.2) is 23.9 Å². The van der Waals surface area contributed by atoms with Crippen LogP contribution in [0.3, 0.4) is 0 Å². The first-order chi connectivity index (χ1) is 6.70. The van der Waals surface area contributed by atoms with E-state index in [9.17, 15) is 5.11 Å². The van der Waals surface area contributed by atoms with E-state index in [2.05, 4.69) is 11.8 Å². The van der Waals surface area contributed by atoms with Gasteiger partial charge in [0.25, 0.3) is 0 Å². The zero-order valence-corrected chi connectivity index (χ0v) is 9.18. The molecule has 0 amide bonds. The molecule has 1 saturated carbocycles. The molecule has 1 aliphatic rings. The fraction of sp³-hybridized carbons (Fsp3) is 0.833. The minimum Gasteiger partial charge on any atom is -0.390 e. The Hall–Kier alpha value is -0.520. The Morgan fingerprint density at radius 1 is 1.57 bits per heavy atom. The van der Waals surface area contributed by atoms with Gasteiger partial charge in [-0.05, 0) is 32.6 Å². The predicted octanol–water partition coefficient (Wildman–Crippen LogP) is 2.11. The van der Waals surface area contributed by atoms with Crippen LogP contribution in [0.5, 0.6) is 0 Å². The second-order valence-corrected chi connectivity index (χ2v) is 4.11. The van der Waals surface area contributed by atoms with Crippen LogP contribution in [0.4, 0.5) is 0 Å². The number of aliphatic hydroxyl groups is 1. The lowest BCUT2D eigenvalue weighted by atomic mass is 9.80. The van der Waals surface area contributed by atoms with Gasteiger partial charge in [-0.2, -0.15) is 0 Å². The summed E-state index contributed by atoms with van der Waals surface area (Å²) in [7, 11) is 1.72. The first-order valence-corrected chi connectivity index (χ1v) is 5.35. The Bertz CT molecular complexity index is 226. The highest BCUT2D eigenvalue weighted by molar-refractivity contribution is 4.98. The first kappa shape index (κ1) is 11.6. The van der Waals surface area contributed by atoms with Gasteiger partial charge in [0.1, 0.15) is 0 Å². The van der Waals surface area contributed by atoms with Crippen LogP contribution >= 0.6 is 0 Å². The van der Waals surface area contributed by atoms with Gasteiger partial charge in [0.05, 0.1) is 11.7 Å². The highest BCUT2D eigenvalue weighted by atomic mass is 16.5. The number of hydrogen-bond acceptors (Lipinski definition) is 2. The van der Waals surface area contributed by atoms with Crippen LogP contribution in [0.15, 0.2) is 0 Å². The summed E-state index contributed by atoms with van der Waals surface area (Å²) in [6.45, 7) is 1.84. The molecule has 0 heterocycles. The summed E-state index contributed by atoms with van der Waals surface area (Å²) in [6, 6.07) is 0. The second kappa shape index (κ2) is 5.38. The number of methoxy groups -OCH3 is 1. The lowest BCUT2D eigenvalue weighted by Crippen LogP contribution is -2.38. The van der Waals surface area contributed by atoms with E-state index in [1.807, 2.05) is 6.92 Å². The molecular formula is C12H20O2. The molecule has 2 atom stereocenters. The van der Waals surface area contributed by atoms with Crippen molar-refractivity contribution in [1.82, 2.24) is 0 Å². The van der Waals surface area contributed by atoms with Crippen LogP contribution < -0.4 is 0 Å². The van der Waals surface area contributed by atoms with Gasteiger partial charge in [0.2, 0.25) is 0 Å². The van der Waals surface area contributed by atoms with E-state index in [0.29, 0.717) is 0 Å². The van der Waals surface area contributed by atoms with E-state index in [1.54, 1.807) is 7.11 Å². The van der Waals surface area contributed by atoms with Crippen molar-refractivity contribution in [3.63, 3.8) is 0 Å². The van der Waals surface area contributed by atoms with Crippen molar-refractivity contribution in [1.29, 1.82) is 0 Å². The SMILES string of the molecule is CC#CCCC1(O)CCCC(OC)C1. The molecule has 2 unspecified atom stereocenters. The summed E-state index contributed by atoms with van der Waals surface area (Å²) < 4.78 is 5.30. The van der Waals surface area contributed by atoms with Crippen LogP contribution in [-0.2, 0) is 4.74 Å². The van der Waals surface area contributed by atoms with E-state index in [-0.39, 0.29) is 6.10 Å². The third-order valence-electron chi connectivity index (χ3n) is 3.00. The normalized spacial score (nSPS) is 32.1. The van der Waals surface area contributed by atoms with Gasteiger partial charge < -0.3 is 9.84 Å². The number of hydrogen-bond donors (Lipinski definition) is 1. The molecule has 2 heteroatoms. The minimum atomic E-state index is -0.525. The van der Waals surface area contributed by atoms with E-state index < -0.39 is 5.60 Å². The van der Waals surface area contributed by atoms with Crippen molar-refractivity contribution in [2.24, 2.45) is 0 Å². The smallest absolute Gasteiger partial charge is 0.0681 e. The summed E-state index contributed by atoms with van der Waals surface area (Å²) >= 11 is 0. The molecule has 0 spiro atoms. The van der Waals surface area contributed by atoms with Gasteiger partial charge in [-0.1, -0.05) is 0 Å². The highest BCUT2D eigenvalue weighted by Gasteiger charge is 2.33. The first-order valence-electron chi connectivity index (χ1n) is 5.35. The van der Waals surface area contributed by atoms with Crippen LogP contribution in [0, 0.1) is 11.8 Å². The molecule has 2 nitrogen and oxygen atoms in total. The molecule has 0 radical (unpaired) electrons. The van der Waals surface area contributed by atoms with E-state index in [1.165, 1.54) is 0 Å². The molecule has 0 saturated heterocycles. The summed E-state index contributed by atoms with van der Waals surface area (Å²) in [5.74, 6) is 5.86. The third-order valence-corrected chi connectivity index (χ3v) is 3.00. The summed E-state index contributed by atoms with van der Waals surface area (Å²) in [4.78, 5) is 0. The lowest BCUT2D eigenvalue weighted by molar-refractivity contribution is -0.0624. The van der Waals surface area contributed by atoms with Gasteiger partial charge in [0.15, 0.2) is 0 Å². The molecule has 80 valence electrons. The zero-order chi connectivity index (χ0) is 10.4. The fourth-order valence-electron chi connectivity index (χ4n) is 2.14. The summed E-state index contributed by atoms with van der Waals surface area (Å²) in [5.41, 5.74) is -0.525. The van der Waals surface area contributed by atoms with Crippen LogP contribution in [0.25, 0.3) is 0 Å². The molecular weight excluding hydrogens is 176 g/mol. The quantitative estimate of drug-likeness (QED) is 0.700. The second-order valence-electron chi connectivity index (χ2n) is 4.11. The molecule has 1 aliphatic carbocycles. The van der Waals surface area contributed by atoms with Gasteiger partial charge >= 0.3 is 0 Å². The predicted molar refractivity (Wildman–Crippen MR) is 56.9 cm³/mol. The van der Waals surface area contributed by atoms with E-state index in [4.69, 9.17) is 4.74 Å². The molecule has 1 N–H and O–H groups in total. The van der Waals surface area contributed by atoms with Crippen LogP contribution in [0.1, 0.15) is 45.4 Å². The van der Waals surface area contributed by atoms with Gasteiger partial charge in [-0.3, -0.25) is 0 Å².